The van der Waals surface area contributed by atoms with Crippen molar-refractivity contribution in [2.24, 2.45) is 5.41 Å². The molecule has 1 aliphatic carbocycles. The van der Waals surface area contributed by atoms with Crippen LogP contribution in [0.3, 0.4) is 0 Å². The molecule has 0 bridgehead atoms. The molecular weight excluding hydrogens is 220 g/mol. The first-order chi connectivity index (χ1) is 8.00. The van der Waals surface area contributed by atoms with E-state index >= 15 is 0 Å². The number of ketones is 1. The van der Waals surface area contributed by atoms with Gasteiger partial charge in [0.05, 0.1) is 11.8 Å². The molecule has 92 valence electrons. The Bertz CT molecular complexity index is 433. The molecule has 17 heavy (non-hydrogen) atoms. The predicted octanol–water partition coefficient (Wildman–Crippen LogP) is 1.15. The Balaban J connectivity index is 2.34. The first-order valence-corrected chi connectivity index (χ1v) is 5.69. The van der Waals surface area contributed by atoms with Gasteiger partial charge in [0.2, 0.25) is 0 Å². The van der Waals surface area contributed by atoms with Gasteiger partial charge in [0.15, 0.2) is 5.78 Å². The fourth-order valence-electron chi connectivity index (χ4n) is 2.70. The molecule has 2 aliphatic rings. The summed E-state index contributed by atoms with van der Waals surface area (Å²) >= 11 is 0. The van der Waals surface area contributed by atoms with Crippen molar-refractivity contribution in [1.82, 2.24) is 0 Å². The maximum Gasteiger partial charge on any atom is 0.306 e. The van der Waals surface area contributed by atoms with Crippen LogP contribution < -0.4 is 0 Å². The predicted molar refractivity (Wildman–Crippen MR) is 61.2 cm³/mol. The quantitative estimate of drug-likeness (QED) is 0.746. The number of aliphatic hydroxyl groups excluding tert-OH is 1. The Morgan fingerprint density at radius 3 is 2.65 bits per heavy atom. The number of carbonyl (C=O) groups is 2. The highest BCUT2D eigenvalue weighted by molar-refractivity contribution is 6.09. The van der Waals surface area contributed by atoms with E-state index in [0.29, 0.717) is 24.0 Å². The first-order valence-electron chi connectivity index (χ1n) is 5.69. The number of Topliss-reactive ketones (excluding diaryl/α,β-unsaturated/α-hetero) is 1. The topological polar surface area (TPSA) is 63.6 Å². The van der Waals surface area contributed by atoms with E-state index in [2.05, 4.69) is 6.58 Å². The van der Waals surface area contributed by atoms with Crippen molar-refractivity contribution >= 4 is 11.8 Å². The van der Waals surface area contributed by atoms with E-state index in [1.165, 1.54) is 0 Å². The van der Waals surface area contributed by atoms with Crippen LogP contribution >= 0.6 is 0 Å². The largest absolute Gasteiger partial charge is 0.465 e. The Kier molecular flexibility index (Phi) is 2.91. The van der Waals surface area contributed by atoms with Gasteiger partial charge in [0, 0.05) is 12.2 Å². The van der Waals surface area contributed by atoms with Crippen LogP contribution in [-0.2, 0) is 14.3 Å². The minimum Gasteiger partial charge on any atom is -0.465 e. The van der Waals surface area contributed by atoms with Crippen molar-refractivity contribution in [3.63, 3.8) is 0 Å². The van der Waals surface area contributed by atoms with Crippen LogP contribution in [0.5, 0.6) is 0 Å². The summed E-state index contributed by atoms with van der Waals surface area (Å²) in [5, 5.41) is 9.02. The third kappa shape index (κ3) is 1.82. The zero-order valence-electron chi connectivity index (χ0n) is 9.91. The van der Waals surface area contributed by atoms with Crippen molar-refractivity contribution in [2.75, 3.05) is 13.2 Å². The van der Waals surface area contributed by atoms with Gasteiger partial charge >= 0.3 is 5.97 Å². The van der Waals surface area contributed by atoms with E-state index in [1.807, 2.05) is 0 Å². The summed E-state index contributed by atoms with van der Waals surface area (Å²) in [6, 6.07) is 0. The molecule has 0 amide bonds. The molecule has 4 heteroatoms. The molecule has 1 heterocycles. The normalized spacial score (nSPS) is 28.1. The van der Waals surface area contributed by atoms with Gasteiger partial charge in [-0.15, -0.1) is 0 Å². The summed E-state index contributed by atoms with van der Waals surface area (Å²) < 4.78 is 4.94. The lowest BCUT2D eigenvalue weighted by molar-refractivity contribution is -0.137. The minimum atomic E-state index is -0.712. The molecule has 4 nitrogen and oxygen atoms in total. The number of hydrogen-bond donors (Lipinski definition) is 1. The van der Waals surface area contributed by atoms with Gasteiger partial charge < -0.3 is 9.84 Å². The number of cyclic esters (lactones) is 1. The van der Waals surface area contributed by atoms with E-state index < -0.39 is 5.41 Å². The van der Waals surface area contributed by atoms with Crippen LogP contribution in [0.15, 0.2) is 23.3 Å². The van der Waals surface area contributed by atoms with Crippen molar-refractivity contribution in [3.8, 4) is 0 Å². The Hall–Kier alpha value is -1.42. The average Bonchev–Trinajstić information content (AvgIpc) is 2.72. The number of ether oxygens (including phenoxy) is 1. The first kappa shape index (κ1) is 12.0. The Labute approximate surface area is 100.0 Å². The molecule has 0 aromatic carbocycles. The molecular formula is C13H16O4. The van der Waals surface area contributed by atoms with Crippen molar-refractivity contribution in [3.05, 3.63) is 23.3 Å². The van der Waals surface area contributed by atoms with Crippen LogP contribution in [0, 0.1) is 5.41 Å². The molecule has 1 aliphatic heterocycles. The lowest BCUT2D eigenvalue weighted by Crippen LogP contribution is -2.28. The summed E-state index contributed by atoms with van der Waals surface area (Å²) in [6.07, 6.45) is 1.13. The molecule has 1 spiro atoms. The van der Waals surface area contributed by atoms with Crippen LogP contribution in [-0.4, -0.2) is 30.1 Å². The number of allylic oxidation sites excluding steroid dienone is 2. The summed E-state index contributed by atoms with van der Waals surface area (Å²) in [5.41, 5.74) is 1.51. The lowest BCUT2D eigenvalue weighted by atomic mass is 9.81. The maximum absolute atomic E-state index is 12.4. The lowest BCUT2D eigenvalue weighted by Gasteiger charge is -2.17. The van der Waals surface area contributed by atoms with Crippen LogP contribution in [0.1, 0.15) is 26.2 Å². The van der Waals surface area contributed by atoms with Crippen molar-refractivity contribution < 1.29 is 19.4 Å². The fourth-order valence-corrected chi connectivity index (χ4v) is 2.70. The Morgan fingerprint density at radius 2 is 2.18 bits per heavy atom. The average molecular weight is 236 g/mol. The molecule has 1 fully saturated rings. The van der Waals surface area contributed by atoms with Gasteiger partial charge in [-0.3, -0.25) is 9.59 Å². The molecule has 0 saturated carbocycles. The third-order valence-electron chi connectivity index (χ3n) is 3.45. The minimum absolute atomic E-state index is 0.00424. The van der Waals surface area contributed by atoms with Crippen molar-refractivity contribution in [1.29, 1.82) is 0 Å². The number of aliphatic hydroxyl groups is 1. The maximum atomic E-state index is 12.4. The molecule has 1 N–H and O–H groups in total. The van der Waals surface area contributed by atoms with Gasteiger partial charge in [-0.2, -0.15) is 0 Å². The van der Waals surface area contributed by atoms with Crippen LogP contribution in [0.25, 0.3) is 0 Å². The monoisotopic (exact) mass is 236 g/mol. The van der Waals surface area contributed by atoms with Crippen molar-refractivity contribution in [2.45, 2.75) is 26.2 Å². The zero-order valence-corrected chi connectivity index (χ0v) is 9.91. The van der Waals surface area contributed by atoms with Gasteiger partial charge in [-0.1, -0.05) is 12.2 Å². The molecule has 0 aromatic rings. The molecule has 1 unspecified atom stereocenters. The SMILES string of the molecule is C=C(C)C1=C(CCO)CC2(COC(=O)C2)C1=O. The number of rotatable bonds is 3. The third-order valence-corrected chi connectivity index (χ3v) is 3.45. The van der Waals surface area contributed by atoms with E-state index in [1.54, 1.807) is 6.92 Å². The smallest absolute Gasteiger partial charge is 0.306 e. The van der Waals surface area contributed by atoms with E-state index in [0.717, 1.165) is 5.57 Å². The van der Waals surface area contributed by atoms with E-state index in [-0.39, 0.29) is 31.4 Å². The molecule has 1 saturated heterocycles. The second kappa shape index (κ2) is 4.11. The number of esters is 1. The van der Waals surface area contributed by atoms with E-state index in [4.69, 9.17) is 9.84 Å². The van der Waals surface area contributed by atoms with Gasteiger partial charge in [0.25, 0.3) is 0 Å². The standard InChI is InChI=1S/C13H16O4/c1-8(2)11-9(3-4-14)5-13(12(11)16)6-10(15)17-7-13/h14H,1,3-7H2,2H3. The Morgan fingerprint density at radius 1 is 1.47 bits per heavy atom. The van der Waals surface area contributed by atoms with Gasteiger partial charge in [-0.25, -0.2) is 0 Å². The molecule has 2 rings (SSSR count). The second-order valence-electron chi connectivity index (χ2n) is 4.86. The summed E-state index contributed by atoms with van der Waals surface area (Å²) in [7, 11) is 0. The zero-order chi connectivity index (χ0) is 12.6. The van der Waals surface area contributed by atoms with Gasteiger partial charge in [0.1, 0.15) is 6.61 Å². The highest BCUT2D eigenvalue weighted by Gasteiger charge is 2.52. The highest BCUT2D eigenvalue weighted by Crippen LogP contribution is 2.47. The molecule has 0 aromatic heterocycles. The van der Waals surface area contributed by atoms with Gasteiger partial charge in [-0.05, 0) is 25.3 Å². The van der Waals surface area contributed by atoms with Crippen LogP contribution in [0.2, 0.25) is 0 Å². The molecule has 1 atom stereocenters. The summed E-state index contributed by atoms with van der Waals surface area (Å²) in [4.78, 5) is 23.6. The van der Waals surface area contributed by atoms with E-state index in [9.17, 15) is 9.59 Å². The fraction of sp³-hybridized carbons (Fsp3) is 0.538. The highest BCUT2D eigenvalue weighted by atomic mass is 16.5. The van der Waals surface area contributed by atoms with Crippen LogP contribution in [0.4, 0.5) is 0 Å². The number of hydrogen-bond acceptors (Lipinski definition) is 4. The molecule has 0 radical (unpaired) electrons. The summed E-state index contributed by atoms with van der Waals surface area (Å²) in [6.45, 7) is 5.75. The number of carbonyl (C=O) groups excluding carboxylic acids is 2. The second-order valence-corrected chi connectivity index (χ2v) is 4.86. The summed E-state index contributed by atoms with van der Waals surface area (Å²) in [5.74, 6) is -0.357.